The molecule has 0 amide bonds. The van der Waals surface area contributed by atoms with Crippen molar-refractivity contribution < 1.29 is 0 Å². The van der Waals surface area contributed by atoms with Crippen molar-refractivity contribution in [3.63, 3.8) is 0 Å². The molecule has 114 valence electrons. The summed E-state index contributed by atoms with van der Waals surface area (Å²) in [5.41, 5.74) is 7.97. The Hall–Kier alpha value is -1.40. The third-order valence-electron chi connectivity index (χ3n) is 3.41. The first kappa shape index (κ1) is 16.0. The Bertz CT molecular complexity index is 587. The molecule has 21 heavy (non-hydrogen) atoms. The van der Waals surface area contributed by atoms with Gasteiger partial charge in [0.05, 0.1) is 6.04 Å². The van der Waals surface area contributed by atoms with Gasteiger partial charge in [0.1, 0.15) is 6.17 Å². The molecule has 1 aliphatic rings. The predicted octanol–water partition coefficient (Wildman–Crippen LogP) is 2.73. The molecule has 3 N–H and O–H groups in total. The average Bonchev–Trinajstić information content (AvgIpc) is 2.44. The van der Waals surface area contributed by atoms with Crippen molar-refractivity contribution in [3.05, 3.63) is 34.3 Å². The van der Waals surface area contributed by atoms with Crippen LogP contribution in [-0.4, -0.2) is 22.4 Å². The molecule has 2 atom stereocenters. The lowest BCUT2D eigenvalue weighted by atomic mass is 10.0. The largest absolute Gasteiger partial charge is 0.368 e. The van der Waals surface area contributed by atoms with Crippen molar-refractivity contribution in [2.45, 2.75) is 39.4 Å². The van der Waals surface area contributed by atoms with Crippen LogP contribution in [0.5, 0.6) is 0 Å². The molecule has 0 fully saturated rings. The van der Waals surface area contributed by atoms with Crippen LogP contribution in [0, 0.1) is 0 Å². The summed E-state index contributed by atoms with van der Waals surface area (Å²) < 4.78 is 1.66. The predicted molar refractivity (Wildman–Crippen MR) is 91.7 cm³/mol. The van der Waals surface area contributed by atoms with Crippen molar-refractivity contribution in [2.24, 2.45) is 15.7 Å². The van der Waals surface area contributed by atoms with Gasteiger partial charge in [-0.1, -0.05) is 43.5 Å². The van der Waals surface area contributed by atoms with E-state index in [9.17, 15) is 0 Å². The Labute approximate surface area is 135 Å². The topological polar surface area (TPSA) is 66.0 Å². The number of nitrogens with zero attached hydrogens (tertiary/aromatic N) is 3. The monoisotopic (exact) mass is 325 g/mol. The number of nitrogens with one attached hydrogen (secondary N) is 1. The molecular formula is C14H20ClN5S. The number of guanidine groups is 2. The summed E-state index contributed by atoms with van der Waals surface area (Å²) in [6.45, 7) is 6.04. The van der Waals surface area contributed by atoms with Gasteiger partial charge in [0.15, 0.2) is 0 Å². The third kappa shape index (κ3) is 3.63. The quantitative estimate of drug-likeness (QED) is 0.749. The highest BCUT2D eigenvalue weighted by Gasteiger charge is 2.21. The Morgan fingerprint density at radius 2 is 2.24 bits per heavy atom. The van der Waals surface area contributed by atoms with Crippen LogP contribution in [-0.2, 0) is 6.42 Å². The zero-order valence-corrected chi connectivity index (χ0v) is 14.0. The fraction of sp³-hybridized carbons (Fsp3) is 0.429. The first-order chi connectivity index (χ1) is 9.92. The first-order valence-corrected chi connectivity index (χ1v) is 7.65. The lowest BCUT2D eigenvalue weighted by molar-refractivity contribution is 0.496. The van der Waals surface area contributed by atoms with E-state index in [2.05, 4.69) is 48.0 Å². The molecule has 7 heteroatoms. The highest BCUT2D eigenvalue weighted by Crippen LogP contribution is 2.22. The number of rotatable bonds is 3. The standard InChI is InChI=1S/C14H20ClN5S/c1-4-10-7-11(5-6-12(10)15)8(2)17-14-19-13(16)18-9(3)20(14)21/h5-9,21H,4H2,1-3H3,(H3,16,17,18,19). The fourth-order valence-corrected chi connectivity index (χ4v) is 2.53. The number of hydrogen-bond acceptors (Lipinski definition) is 6. The summed E-state index contributed by atoms with van der Waals surface area (Å²) in [6.07, 6.45) is 0.743. The summed E-state index contributed by atoms with van der Waals surface area (Å²) in [5, 5.41) is 4.11. The van der Waals surface area contributed by atoms with Crippen LogP contribution in [0.4, 0.5) is 0 Å². The second-order valence-corrected chi connectivity index (χ2v) is 5.81. The summed E-state index contributed by atoms with van der Waals surface area (Å²) >= 11 is 10.5. The molecule has 1 aromatic carbocycles. The molecule has 0 saturated carbocycles. The van der Waals surface area contributed by atoms with Crippen molar-refractivity contribution in [2.75, 3.05) is 0 Å². The molecule has 5 nitrogen and oxygen atoms in total. The van der Waals surface area contributed by atoms with Gasteiger partial charge in [0, 0.05) is 5.02 Å². The molecule has 2 unspecified atom stereocenters. The number of halogens is 1. The van der Waals surface area contributed by atoms with Gasteiger partial charge >= 0.3 is 0 Å². The Balaban J connectivity index is 2.18. The number of nitrogens with two attached hydrogens (primary N) is 1. The number of aliphatic imine (C=N–C) groups is 2. The fourth-order valence-electron chi connectivity index (χ4n) is 2.12. The Kier molecular flexibility index (Phi) is 5.00. The highest BCUT2D eigenvalue weighted by atomic mass is 35.5. The minimum atomic E-state index is -0.156. The lowest BCUT2D eigenvalue weighted by Crippen LogP contribution is -2.45. The van der Waals surface area contributed by atoms with Crippen LogP contribution < -0.4 is 11.1 Å². The molecule has 0 aliphatic carbocycles. The summed E-state index contributed by atoms with van der Waals surface area (Å²) in [7, 11) is 0. The van der Waals surface area contributed by atoms with Gasteiger partial charge in [0.2, 0.25) is 11.9 Å². The molecular weight excluding hydrogens is 306 g/mol. The molecule has 1 heterocycles. The summed E-state index contributed by atoms with van der Waals surface area (Å²) in [6, 6.07) is 6.09. The molecule has 2 rings (SSSR count). The van der Waals surface area contributed by atoms with E-state index >= 15 is 0 Å². The summed E-state index contributed by atoms with van der Waals surface area (Å²) in [4.78, 5) is 8.33. The average molecular weight is 326 g/mol. The number of hydrogen-bond donors (Lipinski definition) is 3. The Morgan fingerprint density at radius 1 is 1.52 bits per heavy atom. The van der Waals surface area contributed by atoms with Crippen LogP contribution in [0.3, 0.4) is 0 Å². The van der Waals surface area contributed by atoms with E-state index in [1.165, 1.54) is 0 Å². The third-order valence-corrected chi connectivity index (χ3v) is 4.30. The van der Waals surface area contributed by atoms with Gasteiger partial charge in [-0.15, -0.1) is 0 Å². The second kappa shape index (κ2) is 6.58. The number of thiol groups is 1. The molecule has 1 aliphatic heterocycles. The van der Waals surface area contributed by atoms with E-state index in [1.807, 2.05) is 19.1 Å². The first-order valence-electron chi connectivity index (χ1n) is 6.87. The molecule has 0 spiro atoms. The lowest BCUT2D eigenvalue weighted by Gasteiger charge is -2.29. The summed E-state index contributed by atoms with van der Waals surface area (Å²) in [5.74, 6) is 0.853. The maximum atomic E-state index is 6.16. The normalized spacial score (nSPS) is 19.9. The van der Waals surface area contributed by atoms with Crippen LogP contribution in [0.15, 0.2) is 28.2 Å². The van der Waals surface area contributed by atoms with Gasteiger partial charge < -0.3 is 11.1 Å². The second-order valence-electron chi connectivity index (χ2n) is 4.97. The van der Waals surface area contributed by atoms with E-state index in [4.69, 9.17) is 17.3 Å². The van der Waals surface area contributed by atoms with Gasteiger partial charge in [-0.2, -0.15) is 4.99 Å². The van der Waals surface area contributed by atoms with E-state index in [-0.39, 0.29) is 18.2 Å². The van der Waals surface area contributed by atoms with E-state index in [0.717, 1.165) is 22.6 Å². The van der Waals surface area contributed by atoms with Gasteiger partial charge in [0.25, 0.3) is 0 Å². The van der Waals surface area contributed by atoms with Gasteiger partial charge in [-0.05, 0) is 37.5 Å². The molecule has 1 aromatic rings. The molecule has 0 bridgehead atoms. The van der Waals surface area contributed by atoms with Crippen LogP contribution >= 0.6 is 24.4 Å². The van der Waals surface area contributed by atoms with Crippen LogP contribution in [0.1, 0.15) is 37.9 Å². The van der Waals surface area contributed by atoms with E-state index < -0.39 is 0 Å². The molecule has 0 radical (unpaired) electrons. The Morgan fingerprint density at radius 3 is 2.90 bits per heavy atom. The van der Waals surface area contributed by atoms with Crippen LogP contribution in [0.25, 0.3) is 0 Å². The van der Waals surface area contributed by atoms with E-state index in [1.54, 1.807) is 4.31 Å². The minimum Gasteiger partial charge on any atom is -0.368 e. The van der Waals surface area contributed by atoms with Gasteiger partial charge in [-0.3, -0.25) is 4.31 Å². The van der Waals surface area contributed by atoms with Crippen molar-refractivity contribution in [1.82, 2.24) is 9.62 Å². The molecule has 0 saturated heterocycles. The minimum absolute atomic E-state index is 0.0547. The van der Waals surface area contributed by atoms with Crippen molar-refractivity contribution in [3.8, 4) is 0 Å². The maximum absolute atomic E-state index is 6.16. The number of aryl methyl sites for hydroxylation is 1. The number of benzene rings is 1. The van der Waals surface area contributed by atoms with Crippen molar-refractivity contribution in [1.29, 1.82) is 0 Å². The maximum Gasteiger partial charge on any atom is 0.220 e. The molecule has 0 aromatic heterocycles. The smallest absolute Gasteiger partial charge is 0.220 e. The zero-order chi connectivity index (χ0) is 15.6. The SMILES string of the molecule is CCc1cc(C(C)NC2=NC(N)=NC(C)N2S)ccc1Cl. The van der Waals surface area contributed by atoms with Crippen LogP contribution in [0.2, 0.25) is 5.02 Å². The van der Waals surface area contributed by atoms with Gasteiger partial charge in [-0.25, -0.2) is 4.99 Å². The van der Waals surface area contributed by atoms with E-state index in [0.29, 0.717) is 5.96 Å². The van der Waals surface area contributed by atoms with Crippen molar-refractivity contribution >= 4 is 36.3 Å². The zero-order valence-electron chi connectivity index (χ0n) is 12.3. The highest BCUT2D eigenvalue weighted by molar-refractivity contribution is 7.78.